The third-order valence-electron chi connectivity index (χ3n) is 2.65. The molecular formula is C14H10BrCl2F2NO. The summed E-state index contributed by atoms with van der Waals surface area (Å²) >= 11 is 15.3. The number of hydrogen-bond donors (Lipinski definition) is 1. The topological polar surface area (TPSA) is 21.3 Å². The third-order valence-corrected chi connectivity index (χ3v) is 3.79. The van der Waals surface area contributed by atoms with Crippen molar-refractivity contribution >= 4 is 44.8 Å². The zero-order valence-corrected chi connectivity index (χ0v) is 13.6. The molecule has 2 aromatic carbocycles. The first kappa shape index (κ1) is 16.3. The quantitative estimate of drug-likeness (QED) is 0.672. The second kappa shape index (κ2) is 7.29. The van der Waals surface area contributed by atoms with Crippen molar-refractivity contribution in [1.82, 2.24) is 0 Å². The van der Waals surface area contributed by atoms with Crippen molar-refractivity contribution in [2.24, 2.45) is 0 Å². The number of rotatable bonds is 5. The number of hydrogen-bond acceptors (Lipinski definition) is 2. The van der Waals surface area contributed by atoms with Crippen LogP contribution in [0.15, 0.2) is 40.9 Å². The van der Waals surface area contributed by atoms with Crippen molar-refractivity contribution in [1.29, 1.82) is 0 Å². The van der Waals surface area contributed by atoms with Crippen LogP contribution < -0.4 is 10.1 Å². The SMILES string of the molecule is FC(F)Oc1ccc(NCc2ccc(Br)cc2Cl)cc1Cl. The number of alkyl halides is 2. The van der Waals surface area contributed by atoms with E-state index in [1.54, 1.807) is 12.1 Å². The Labute approximate surface area is 139 Å². The number of nitrogens with one attached hydrogen (secondary N) is 1. The Morgan fingerprint density at radius 2 is 1.86 bits per heavy atom. The summed E-state index contributed by atoms with van der Waals surface area (Å²) < 4.78 is 29.4. The van der Waals surface area contributed by atoms with Crippen LogP contribution in [0.5, 0.6) is 5.75 Å². The Kier molecular flexibility index (Phi) is 5.67. The van der Waals surface area contributed by atoms with Crippen molar-refractivity contribution in [3.63, 3.8) is 0 Å². The molecule has 1 N–H and O–H groups in total. The molecule has 21 heavy (non-hydrogen) atoms. The molecule has 0 saturated carbocycles. The maximum Gasteiger partial charge on any atom is 0.387 e. The lowest BCUT2D eigenvalue weighted by Crippen LogP contribution is -2.03. The summed E-state index contributed by atoms with van der Waals surface area (Å²) in [5.74, 6) is -0.0566. The van der Waals surface area contributed by atoms with E-state index in [0.29, 0.717) is 17.3 Å². The summed E-state index contributed by atoms with van der Waals surface area (Å²) in [7, 11) is 0. The molecule has 0 amide bonds. The van der Waals surface area contributed by atoms with E-state index < -0.39 is 6.61 Å². The van der Waals surface area contributed by atoms with Gasteiger partial charge in [-0.15, -0.1) is 0 Å². The van der Waals surface area contributed by atoms with E-state index >= 15 is 0 Å². The summed E-state index contributed by atoms with van der Waals surface area (Å²) in [6.45, 7) is -2.42. The maximum atomic E-state index is 12.1. The van der Waals surface area contributed by atoms with Crippen LogP contribution in [0, 0.1) is 0 Å². The summed E-state index contributed by atoms with van der Waals surface area (Å²) in [5, 5.41) is 3.85. The largest absolute Gasteiger partial charge is 0.433 e. The lowest BCUT2D eigenvalue weighted by molar-refractivity contribution is -0.0497. The van der Waals surface area contributed by atoms with Gasteiger partial charge in [0.25, 0.3) is 0 Å². The summed E-state index contributed by atoms with van der Waals surface area (Å²) in [4.78, 5) is 0. The molecule has 0 atom stereocenters. The molecule has 0 aliphatic rings. The van der Waals surface area contributed by atoms with Gasteiger partial charge in [-0.25, -0.2) is 0 Å². The van der Waals surface area contributed by atoms with Crippen molar-refractivity contribution in [2.45, 2.75) is 13.2 Å². The van der Waals surface area contributed by atoms with Crippen molar-refractivity contribution in [3.8, 4) is 5.75 Å². The highest BCUT2D eigenvalue weighted by Gasteiger charge is 2.09. The molecule has 2 nitrogen and oxygen atoms in total. The van der Waals surface area contributed by atoms with E-state index in [1.807, 2.05) is 12.1 Å². The van der Waals surface area contributed by atoms with Crippen LogP contribution in [0.25, 0.3) is 0 Å². The van der Waals surface area contributed by atoms with Gasteiger partial charge in [0.2, 0.25) is 0 Å². The lowest BCUT2D eigenvalue weighted by atomic mass is 10.2. The summed E-state index contributed by atoms with van der Waals surface area (Å²) in [5.41, 5.74) is 1.59. The molecule has 0 heterocycles. The Morgan fingerprint density at radius 3 is 2.48 bits per heavy atom. The molecule has 2 aromatic rings. The molecule has 7 heteroatoms. The molecule has 2 rings (SSSR count). The molecule has 0 radical (unpaired) electrons. The lowest BCUT2D eigenvalue weighted by Gasteiger charge is -2.11. The third kappa shape index (κ3) is 4.73. The minimum atomic E-state index is -2.90. The molecule has 0 aromatic heterocycles. The minimum absolute atomic E-state index is 0.0566. The van der Waals surface area contributed by atoms with Gasteiger partial charge in [0.1, 0.15) is 5.75 Å². The van der Waals surface area contributed by atoms with E-state index in [0.717, 1.165) is 10.0 Å². The van der Waals surface area contributed by atoms with Gasteiger partial charge in [0.15, 0.2) is 0 Å². The van der Waals surface area contributed by atoms with Crippen molar-refractivity contribution in [2.75, 3.05) is 5.32 Å². The highest BCUT2D eigenvalue weighted by Crippen LogP contribution is 2.29. The standard InChI is InChI=1S/C14H10BrCl2F2NO/c15-9-2-1-8(11(16)5-9)7-20-10-3-4-13(12(17)6-10)21-14(18)19/h1-6,14,20H,7H2. The van der Waals surface area contributed by atoms with Gasteiger partial charge in [-0.1, -0.05) is 45.2 Å². The average molecular weight is 397 g/mol. The van der Waals surface area contributed by atoms with Crippen LogP contribution in [-0.2, 0) is 6.54 Å². The van der Waals surface area contributed by atoms with Gasteiger partial charge in [0.05, 0.1) is 5.02 Å². The van der Waals surface area contributed by atoms with Crippen molar-refractivity contribution < 1.29 is 13.5 Å². The Bertz CT molecular complexity index is 640. The average Bonchev–Trinajstić information content (AvgIpc) is 2.40. The minimum Gasteiger partial charge on any atom is -0.433 e. The van der Waals surface area contributed by atoms with Crippen LogP contribution in [0.4, 0.5) is 14.5 Å². The Balaban J connectivity index is 2.05. The predicted molar refractivity (Wildman–Crippen MR) is 84.6 cm³/mol. The van der Waals surface area contributed by atoms with Gasteiger partial charge in [0, 0.05) is 21.7 Å². The molecule has 0 spiro atoms. The van der Waals surface area contributed by atoms with E-state index in [2.05, 4.69) is 26.0 Å². The van der Waals surface area contributed by atoms with E-state index in [1.165, 1.54) is 12.1 Å². The molecule has 0 fully saturated rings. The molecular weight excluding hydrogens is 387 g/mol. The Morgan fingerprint density at radius 1 is 1.10 bits per heavy atom. The number of halogens is 5. The van der Waals surface area contributed by atoms with Gasteiger partial charge in [-0.05, 0) is 35.9 Å². The first-order valence-corrected chi connectivity index (χ1v) is 7.43. The highest BCUT2D eigenvalue weighted by molar-refractivity contribution is 9.10. The fourth-order valence-electron chi connectivity index (χ4n) is 1.66. The normalized spacial score (nSPS) is 10.8. The van der Waals surface area contributed by atoms with Crippen LogP contribution in [-0.4, -0.2) is 6.61 Å². The fraction of sp³-hybridized carbons (Fsp3) is 0.143. The maximum absolute atomic E-state index is 12.1. The van der Waals surface area contributed by atoms with Crippen LogP contribution in [0.1, 0.15) is 5.56 Å². The monoisotopic (exact) mass is 395 g/mol. The van der Waals surface area contributed by atoms with Crippen LogP contribution >= 0.6 is 39.1 Å². The zero-order valence-electron chi connectivity index (χ0n) is 10.5. The highest BCUT2D eigenvalue weighted by atomic mass is 79.9. The number of benzene rings is 2. The molecule has 0 aliphatic heterocycles. The molecule has 0 saturated heterocycles. The van der Waals surface area contributed by atoms with Gasteiger partial charge in [-0.3, -0.25) is 0 Å². The predicted octanol–water partition coefficient (Wildman–Crippen LogP) is 5.97. The van der Waals surface area contributed by atoms with Gasteiger partial charge >= 0.3 is 6.61 Å². The first-order chi connectivity index (χ1) is 9.95. The van der Waals surface area contributed by atoms with Gasteiger partial charge in [-0.2, -0.15) is 8.78 Å². The number of anilines is 1. The molecule has 0 bridgehead atoms. The molecule has 112 valence electrons. The molecule has 0 unspecified atom stereocenters. The second-order valence-electron chi connectivity index (χ2n) is 4.11. The molecule has 0 aliphatic carbocycles. The van der Waals surface area contributed by atoms with Crippen LogP contribution in [0.3, 0.4) is 0 Å². The van der Waals surface area contributed by atoms with Gasteiger partial charge < -0.3 is 10.1 Å². The fourth-order valence-corrected chi connectivity index (χ4v) is 2.63. The second-order valence-corrected chi connectivity index (χ2v) is 5.84. The summed E-state index contributed by atoms with van der Waals surface area (Å²) in [6, 6.07) is 10.1. The van der Waals surface area contributed by atoms with E-state index in [9.17, 15) is 8.78 Å². The smallest absolute Gasteiger partial charge is 0.387 e. The van der Waals surface area contributed by atoms with E-state index in [4.69, 9.17) is 23.2 Å². The van der Waals surface area contributed by atoms with Crippen molar-refractivity contribution in [3.05, 3.63) is 56.5 Å². The number of ether oxygens (including phenoxy) is 1. The summed E-state index contributed by atoms with van der Waals surface area (Å²) in [6.07, 6.45) is 0. The van der Waals surface area contributed by atoms with E-state index in [-0.39, 0.29) is 10.8 Å². The first-order valence-electron chi connectivity index (χ1n) is 5.88. The Hall–Kier alpha value is -1.04. The van der Waals surface area contributed by atoms with Crippen LogP contribution in [0.2, 0.25) is 10.0 Å². The zero-order chi connectivity index (χ0) is 15.4.